The van der Waals surface area contributed by atoms with Crippen molar-refractivity contribution < 1.29 is 14.4 Å². The Labute approximate surface area is 131 Å². The number of amides is 1. The van der Waals surface area contributed by atoms with Crippen molar-refractivity contribution in [2.75, 3.05) is 0 Å². The van der Waals surface area contributed by atoms with Crippen LogP contribution in [0.2, 0.25) is 0 Å². The molecule has 0 unspecified atom stereocenters. The molecule has 4 heteroatoms. The minimum Gasteiger partial charge on any atom is -0.370 e. The third-order valence-electron chi connectivity index (χ3n) is 2.36. The summed E-state index contributed by atoms with van der Waals surface area (Å²) in [7, 11) is 0. The lowest BCUT2D eigenvalue weighted by Gasteiger charge is -1.89. The van der Waals surface area contributed by atoms with Crippen LogP contribution in [0.1, 0.15) is 41.5 Å². The van der Waals surface area contributed by atoms with Gasteiger partial charge in [0.1, 0.15) is 0 Å². The monoisotopic (exact) mass is 299 g/mol. The van der Waals surface area contributed by atoms with Gasteiger partial charge in [-0.15, -0.1) is 0 Å². The summed E-state index contributed by atoms with van der Waals surface area (Å²) >= 11 is 0. The SMILES string of the molecule is CC(=O)c1ccccc1.CC(=O)c1ccccc1.CC(N)=O. The quantitative estimate of drug-likeness (QED) is 0.864. The molecule has 2 rings (SSSR count). The van der Waals surface area contributed by atoms with E-state index in [1.165, 1.54) is 6.92 Å². The second-order valence-corrected chi connectivity index (χ2v) is 4.46. The second-order valence-electron chi connectivity index (χ2n) is 4.46. The number of Topliss-reactive ketones (excluding diaryl/α,β-unsaturated/α-hetero) is 2. The van der Waals surface area contributed by atoms with Gasteiger partial charge in [0.2, 0.25) is 5.91 Å². The Morgan fingerprint density at radius 1 is 0.636 bits per heavy atom. The smallest absolute Gasteiger partial charge is 0.214 e. The van der Waals surface area contributed by atoms with Crippen molar-refractivity contribution in [3.05, 3.63) is 71.8 Å². The minimum absolute atomic E-state index is 0.121. The molecule has 0 heterocycles. The van der Waals surface area contributed by atoms with E-state index in [0.717, 1.165) is 11.1 Å². The van der Waals surface area contributed by atoms with Gasteiger partial charge in [-0.1, -0.05) is 60.7 Å². The van der Waals surface area contributed by atoms with E-state index in [1.807, 2.05) is 60.7 Å². The number of carbonyl (C=O) groups is 3. The first-order valence-electron chi connectivity index (χ1n) is 6.72. The lowest BCUT2D eigenvalue weighted by Crippen LogP contribution is -2.01. The van der Waals surface area contributed by atoms with Crippen LogP contribution in [0, 0.1) is 0 Å². The summed E-state index contributed by atoms with van der Waals surface area (Å²) in [5, 5.41) is 0. The van der Waals surface area contributed by atoms with Gasteiger partial charge in [0.25, 0.3) is 0 Å². The molecule has 0 fully saturated rings. The summed E-state index contributed by atoms with van der Waals surface area (Å²) in [4.78, 5) is 30.5. The molecule has 0 saturated carbocycles. The van der Waals surface area contributed by atoms with Gasteiger partial charge in [-0.3, -0.25) is 14.4 Å². The number of nitrogens with two attached hydrogens (primary N) is 1. The number of hydrogen-bond donors (Lipinski definition) is 1. The van der Waals surface area contributed by atoms with Gasteiger partial charge in [-0.05, 0) is 13.8 Å². The van der Waals surface area contributed by atoms with E-state index in [-0.39, 0.29) is 17.5 Å². The Kier molecular flexibility index (Phi) is 9.60. The van der Waals surface area contributed by atoms with E-state index in [2.05, 4.69) is 5.73 Å². The lowest BCUT2D eigenvalue weighted by atomic mass is 10.2. The average Bonchev–Trinajstić information content (AvgIpc) is 2.49. The number of primary amides is 1. The minimum atomic E-state index is -0.333. The van der Waals surface area contributed by atoms with Crippen molar-refractivity contribution in [2.45, 2.75) is 20.8 Å². The number of carbonyl (C=O) groups excluding carboxylic acids is 3. The zero-order valence-corrected chi connectivity index (χ0v) is 13.1. The maximum atomic E-state index is 10.6. The standard InChI is InChI=1S/2C8H8O.C2H5NO/c2*1-7(9)8-5-3-2-4-6-8;1-2(3)4/h2*2-6H,1H3;1H3,(H2,3,4). The average molecular weight is 299 g/mol. The highest BCUT2D eigenvalue weighted by molar-refractivity contribution is 5.94. The summed E-state index contributed by atoms with van der Waals surface area (Å²) in [5.41, 5.74) is 6.02. The molecule has 0 spiro atoms. The number of hydrogen-bond acceptors (Lipinski definition) is 3. The van der Waals surface area contributed by atoms with Crippen molar-refractivity contribution in [1.82, 2.24) is 0 Å². The molecular weight excluding hydrogens is 278 g/mol. The summed E-state index contributed by atoms with van der Waals surface area (Å²) in [5.74, 6) is -0.0915. The lowest BCUT2D eigenvalue weighted by molar-refractivity contribution is -0.115. The second kappa shape index (κ2) is 11.0. The molecule has 1 amide bonds. The first-order valence-corrected chi connectivity index (χ1v) is 6.72. The first-order chi connectivity index (χ1) is 10.3. The van der Waals surface area contributed by atoms with Gasteiger partial charge >= 0.3 is 0 Å². The molecule has 0 radical (unpaired) electrons. The van der Waals surface area contributed by atoms with Gasteiger partial charge < -0.3 is 5.73 Å². The fraction of sp³-hybridized carbons (Fsp3) is 0.167. The van der Waals surface area contributed by atoms with Gasteiger partial charge in [-0.2, -0.15) is 0 Å². The largest absolute Gasteiger partial charge is 0.370 e. The van der Waals surface area contributed by atoms with Crippen LogP contribution in [0.25, 0.3) is 0 Å². The van der Waals surface area contributed by atoms with E-state index < -0.39 is 0 Å². The van der Waals surface area contributed by atoms with Crippen molar-refractivity contribution in [3.63, 3.8) is 0 Å². The Balaban J connectivity index is 0.000000326. The van der Waals surface area contributed by atoms with Crippen molar-refractivity contribution in [3.8, 4) is 0 Å². The van der Waals surface area contributed by atoms with Crippen LogP contribution >= 0.6 is 0 Å². The van der Waals surface area contributed by atoms with Gasteiger partial charge in [0.05, 0.1) is 0 Å². The predicted molar refractivity (Wildman–Crippen MR) is 87.8 cm³/mol. The normalized spacial score (nSPS) is 8.50. The highest BCUT2D eigenvalue weighted by atomic mass is 16.1. The maximum absolute atomic E-state index is 10.6. The Morgan fingerprint density at radius 2 is 0.864 bits per heavy atom. The van der Waals surface area contributed by atoms with Crippen LogP contribution in [0.15, 0.2) is 60.7 Å². The molecule has 0 aliphatic carbocycles. The molecule has 116 valence electrons. The molecule has 2 aromatic rings. The van der Waals surface area contributed by atoms with E-state index >= 15 is 0 Å². The molecule has 0 saturated heterocycles. The molecule has 0 aromatic heterocycles. The Bertz CT molecular complexity index is 539. The molecule has 0 aliphatic heterocycles. The van der Waals surface area contributed by atoms with Crippen LogP contribution in [-0.2, 0) is 4.79 Å². The molecule has 0 bridgehead atoms. The molecule has 2 N–H and O–H groups in total. The Morgan fingerprint density at radius 3 is 1.00 bits per heavy atom. The van der Waals surface area contributed by atoms with Crippen LogP contribution in [-0.4, -0.2) is 17.5 Å². The molecular formula is C18H21NO3. The number of ketones is 2. The maximum Gasteiger partial charge on any atom is 0.214 e. The van der Waals surface area contributed by atoms with Gasteiger partial charge in [0.15, 0.2) is 11.6 Å². The van der Waals surface area contributed by atoms with Crippen molar-refractivity contribution in [2.24, 2.45) is 5.73 Å². The fourth-order valence-corrected chi connectivity index (χ4v) is 1.35. The third-order valence-corrected chi connectivity index (χ3v) is 2.36. The summed E-state index contributed by atoms with van der Waals surface area (Å²) < 4.78 is 0. The van der Waals surface area contributed by atoms with Gasteiger partial charge in [0, 0.05) is 18.1 Å². The van der Waals surface area contributed by atoms with Gasteiger partial charge in [-0.25, -0.2) is 0 Å². The highest BCUT2D eigenvalue weighted by Gasteiger charge is 1.93. The Hall–Kier alpha value is -2.75. The fourth-order valence-electron chi connectivity index (χ4n) is 1.35. The van der Waals surface area contributed by atoms with Crippen LogP contribution < -0.4 is 5.73 Å². The van der Waals surface area contributed by atoms with E-state index in [0.29, 0.717) is 0 Å². The van der Waals surface area contributed by atoms with Crippen LogP contribution in [0.4, 0.5) is 0 Å². The van der Waals surface area contributed by atoms with E-state index in [1.54, 1.807) is 13.8 Å². The number of rotatable bonds is 2. The highest BCUT2D eigenvalue weighted by Crippen LogP contribution is 1.98. The van der Waals surface area contributed by atoms with Crippen molar-refractivity contribution >= 4 is 17.5 Å². The summed E-state index contributed by atoms with van der Waals surface area (Å²) in [6.07, 6.45) is 0. The van der Waals surface area contributed by atoms with E-state index in [4.69, 9.17) is 0 Å². The molecule has 22 heavy (non-hydrogen) atoms. The molecule has 4 nitrogen and oxygen atoms in total. The zero-order chi connectivity index (χ0) is 17.0. The first kappa shape index (κ1) is 19.2. The predicted octanol–water partition coefficient (Wildman–Crippen LogP) is 3.27. The van der Waals surface area contributed by atoms with Crippen LogP contribution in [0.3, 0.4) is 0 Å². The molecule has 2 aromatic carbocycles. The summed E-state index contributed by atoms with van der Waals surface area (Å²) in [6.45, 7) is 4.44. The molecule has 0 atom stereocenters. The van der Waals surface area contributed by atoms with E-state index in [9.17, 15) is 14.4 Å². The number of benzene rings is 2. The molecule has 0 aliphatic rings. The topological polar surface area (TPSA) is 77.2 Å². The van der Waals surface area contributed by atoms with Crippen molar-refractivity contribution in [1.29, 1.82) is 0 Å². The third kappa shape index (κ3) is 10.1. The summed E-state index contributed by atoms with van der Waals surface area (Å²) in [6, 6.07) is 18.5. The van der Waals surface area contributed by atoms with Crippen LogP contribution in [0.5, 0.6) is 0 Å². The zero-order valence-electron chi connectivity index (χ0n) is 13.1.